The van der Waals surface area contributed by atoms with Crippen LogP contribution < -0.4 is 10.2 Å². The molecule has 0 atom stereocenters. The predicted octanol–water partition coefficient (Wildman–Crippen LogP) is 4.45. The molecule has 0 saturated heterocycles. The van der Waals surface area contributed by atoms with Gasteiger partial charge in [-0.25, -0.2) is 4.79 Å². The highest BCUT2D eigenvalue weighted by atomic mass is 16.5. The zero-order valence-electron chi connectivity index (χ0n) is 14.4. The van der Waals surface area contributed by atoms with Gasteiger partial charge in [-0.15, -0.1) is 0 Å². The molecule has 132 valence electrons. The van der Waals surface area contributed by atoms with Gasteiger partial charge in [0.15, 0.2) is 5.76 Å². The van der Waals surface area contributed by atoms with Gasteiger partial charge in [-0.1, -0.05) is 36.4 Å². The minimum absolute atomic E-state index is 0.0212. The first-order valence-electron chi connectivity index (χ1n) is 8.19. The van der Waals surface area contributed by atoms with Gasteiger partial charge in [0.25, 0.3) is 0 Å². The Balaban J connectivity index is 2.17. The third kappa shape index (κ3) is 3.67. The smallest absolute Gasteiger partial charge is 0.335 e. The molecule has 0 aliphatic carbocycles. The molecule has 0 amide bonds. The van der Waals surface area contributed by atoms with Crippen molar-refractivity contribution in [3.05, 3.63) is 75.6 Å². The van der Waals surface area contributed by atoms with Crippen LogP contribution in [-0.2, 0) is 0 Å². The van der Waals surface area contributed by atoms with E-state index in [1.54, 1.807) is 6.08 Å². The number of hydrogen-bond acceptors (Lipinski definition) is 4. The predicted molar refractivity (Wildman–Crippen MR) is 101 cm³/mol. The van der Waals surface area contributed by atoms with Crippen LogP contribution >= 0.6 is 0 Å². The number of aromatic carboxylic acids is 1. The summed E-state index contributed by atoms with van der Waals surface area (Å²) in [6.07, 6.45) is 3.27. The Morgan fingerprint density at radius 3 is 2.50 bits per heavy atom. The van der Waals surface area contributed by atoms with E-state index in [1.807, 2.05) is 50.3 Å². The summed E-state index contributed by atoms with van der Waals surface area (Å²) >= 11 is 0. The van der Waals surface area contributed by atoms with Crippen molar-refractivity contribution in [2.24, 2.45) is 0 Å². The number of fused-ring (bicyclic) bond motifs is 1. The second-order valence-electron chi connectivity index (χ2n) is 6.05. The zero-order valence-corrected chi connectivity index (χ0v) is 14.4. The highest BCUT2D eigenvalue weighted by molar-refractivity contribution is 5.93. The fourth-order valence-corrected chi connectivity index (χ4v) is 2.52. The normalized spacial score (nSPS) is 11.3. The largest absolute Gasteiger partial charge is 0.484 e. The number of hydrogen-bond donors (Lipinski definition) is 1. The maximum absolute atomic E-state index is 12.9. The van der Waals surface area contributed by atoms with Crippen LogP contribution in [0, 0.1) is 0 Å². The lowest BCUT2D eigenvalue weighted by Crippen LogP contribution is -2.15. The molecule has 1 heterocycles. The molecule has 0 bridgehead atoms. The lowest BCUT2D eigenvalue weighted by atomic mass is 10.1. The maximum atomic E-state index is 12.9. The quantitative estimate of drug-likeness (QED) is 0.736. The van der Waals surface area contributed by atoms with E-state index in [2.05, 4.69) is 0 Å². The molecule has 3 aromatic rings. The Morgan fingerprint density at radius 1 is 1.12 bits per heavy atom. The Hall–Kier alpha value is -3.34. The van der Waals surface area contributed by atoms with Crippen LogP contribution in [0.1, 0.15) is 35.5 Å². The number of ether oxygens (including phenoxy) is 1. The molecule has 5 heteroatoms. The van der Waals surface area contributed by atoms with Crippen LogP contribution in [0.25, 0.3) is 23.1 Å². The van der Waals surface area contributed by atoms with Gasteiger partial charge >= 0.3 is 5.97 Å². The second-order valence-corrected chi connectivity index (χ2v) is 6.05. The molecule has 0 radical (unpaired) electrons. The molecule has 0 spiro atoms. The average molecular weight is 350 g/mol. The third-order valence-electron chi connectivity index (χ3n) is 3.70. The van der Waals surface area contributed by atoms with E-state index >= 15 is 0 Å². The van der Waals surface area contributed by atoms with E-state index in [0.717, 1.165) is 5.56 Å². The average Bonchev–Trinajstić information content (AvgIpc) is 2.63. The first-order chi connectivity index (χ1) is 12.5. The SMILES string of the molecule is CC(C)Oc1c(/C=C/c2ccccc2)oc2ccc(C(=O)O)cc2c1=O. The van der Waals surface area contributed by atoms with Crippen molar-refractivity contribution in [1.29, 1.82) is 0 Å². The standard InChI is InChI=1S/C21H18O5/c1-13(2)25-20-18(10-8-14-6-4-3-5-7-14)26-17-11-9-15(21(23)24)12-16(17)19(20)22/h3-13H,1-2H3,(H,23,24)/b10-8+. The van der Waals surface area contributed by atoms with Gasteiger partial charge in [-0.3, -0.25) is 4.79 Å². The maximum Gasteiger partial charge on any atom is 0.335 e. The van der Waals surface area contributed by atoms with Gasteiger partial charge in [-0.05, 0) is 43.7 Å². The summed E-state index contributed by atoms with van der Waals surface area (Å²) in [5.74, 6) is -0.740. The molecule has 0 unspecified atom stereocenters. The van der Waals surface area contributed by atoms with Crippen molar-refractivity contribution in [3.8, 4) is 5.75 Å². The van der Waals surface area contributed by atoms with Crippen LogP contribution in [-0.4, -0.2) is 17.2 Å². The number of carboxylic acids is 1. The van der Waals surface area contributed by atoms with Gasteiger partial charge in [0.2, 0.25) is 11.2 Å². The molecular weight excluding hydrogens is 332 g/mol. The summed E-state index contributed by atoms with van der Waals surface area (Å²) in [6, 6.07) is 13.8. The van der Waals surface area contributed by atoms with Gasteiger partial charge in [0.05, 0.1) is 17.1 Å². The number of rotatable bonds is 5. The lowest BCUT2D eigenvalue weighted by molar-refractivity contribution is 0.0697. The van der Waals surface area contributed by atoms with Gasteiger partial charge < -0.3 is 14.3 Å². The van der Waals surface area contributed by atoms with Gasteiger partial charge in [-0.2, -0.15) is 0 Å². The number of carboxylic acid groups (broad SMARTS) is 1. The molecular formula is C21H18O5. The molecule has 0 saturated carbocycles. The van der Waals surface area contributed by atoms with Crippen molar-refractivity contribution in [3.63, 3.8) is 0 Å². The number of carbonyl (C=O) groups is 1. The van der Waals surface area contributed by atoms with Crippen molar-refractivity contribution in [1.82, 2.24) is 0 Å². The molecule has 3 rings (SSSR count). The fraction of sp³-hybridized carbons (Fsp3) is 0.143. The van der Waals surface area contributed by atoms with Crippen LogP contribution in [0.2, 0.25) is 0 Å². The summed E-state index contributed by atoms with van der Waals surface area (Å²) in [6.45, 7) is 3.62. The Bertz CT molecular complexity index is 1030. The Morgan fingerprint density at radius 2 is 1.85 bits per heavy atom. The lowest BCUT2D eigenvalue weighted by Gasteiger charge is -2.12. The molecule has 5 nitrogen and oxygen atoms in total. The third-order valence-corrected chi connectivity index (χ3v) is 3.70. The minimum Gasteiger partial charge on any atom is -0.484 e. The molecule has 1 N–H and O–H groups in total. The zero-order chi connectivity index (χ0) is 18.7. The van der Waals surface area contributed by atoms with Crippen molar-refractivity contribution < 1.29 is 19.1 Å². The summed E-state index contributed by atoms with van der Waals surface area (Å²) in [7, 11) is 0. The second kappa shape index (κ2) is 7.27. The van der Waals surface area contributed by atoms with E-state index < -0.39 is 11.4 Å². The van der Waals surface area contributed by atoms with Crippen LogP contribution in [0.5, 0.6) is 5.75 Å². The van der Waals surface area contributed by atoms with Crippen molar-refractivity contribution in [2.75, 3.05) is 0 Å². The number of benzene rings is 2. The highest BCUT2D eigenvalue weighted by Gasteiger charge is 2.17. The minimum atomic E-state index is -1.11. The molecule has 0 aliphatic heterocycles. The van der Waals surface area contributed by atoms with Gasteiger partial charge in [0, 0.05) is 0 Å². The van der Waals surface area contributed by atoms with E-state index in [1.165, 1.54) is 18.2 Å². The van der Waals surface area contributed by atoms with Crippen LogP contribution in [0.3, 0.4) is 0 Å². The monoisotopic (exact) mass is 350 g/mol. The molecule has 0 fully saturated rings. The first-order valence-corrected chi connectivity index (χ1v) is 8.19. The van der Waals surface area contributed by atoms with E-state index in [0.29, 0.717) is 11.3 Å². The summed E-state index contributed by atoms with van der Waals surface area (Å²) in [4.78, 5) is 24.0. The Kier molecular flexibility index (Phi) is 4.89. The fourth-order valence-electron chi connectivity index (χ4n) is 2.52. The van der Waals surface area contributed by atoms with E-state index in [-0.39, 0.29) is 22.8 Å². The van der Waals surface area contributed by atoms with Gasteiger partial charge in [0.1, 0.15) is 5.58 Å². The summed E-state index contributed by atoms with van der Waals surface area (Å²) in [5, 5.41) is 9.32. The topological polar surface area (TPSA) is 76.7 Å². The summed E-state index contributed by atoms with van der Waals surface area (Å²) in [5.41, 5.74) is 0.888. The van der Waals surface area contributed by atoms with Crippen LogP contribution in [0.15, 0.2) is 57.7 Å². The molecule has 0 aliphatic rings. The highest BCUT2D eigenvalue weighted by Crippen LogP contribution is 2.25. The first kappa shape index (κ1) is 17.5. The van der Waals surface area contributed by atoms with E-state index in [9.17, 15) is 9.59 Å². The van der Waals surface area contributed by atoms with Crippen molar-refractivity contribution >= 4 is 29.1 Å². The molecule has 1 aromatic heterocycles. The van der Waals surface area contributed by atoms with Crippen LogP contribution in [0.4, 0.5) is 0 Å². The van der Waals surface area contributed by atoms with Crippen molar-refractivity contribution in [2.45, 2.75) is 20.0 Å². The molecule has 26 heavy (non-hydrogen) atoms. The molecule has 2 aromatic carbocycles. The Labute approximate surface area is 150 Å². The van der Waals surface area contributed by atoms with E-state index in [4.69, 9.17) is 14.3 Å². The summed E-state index contributed by atoms with van der Waals surface area (Å²) < 4.78 is 11.5.